The van der Waals surface area contributed by atoms with Crippen LogP contribution in [0.4, 0.5) is 0 Å². The lowest BCUT2D eigenvalue weighted by Crippen LogP contribution is -2.50. The average molecular weight is 551 g/mol. The first-order valence-electron chi connectivity index (χ1n) is 11.5. The van der Waals surface area contributed by atoms with Crippen LogP contribution in [0.2, 0.25) is 10.0 Å². The first kappa shape index (κ1) is 27.9. The van der Waals surface area contributed by atoms with Crippen LogP contribution in [0.1, 0.15) is 25.8 Å². The van der Waals surface area contributed by atoms with E-state index in [1.807, 2.05) is 31.2 Å². The van der Waals surface area contributed by atoms with Crippen LogP contribution in [0.5, 0.6) is 0 Å². The van der Waals surface area contributed by atoms with Crippen LogP contribution in [0.3, 0.4) is 0 Å². The molecule has 7 nitrogen and oxygen atoms in total. The number of benzene rings is 3. The molecule has 1 N–H and O–H groups in total. The molecule has 1 atom stereocenters. The second-order valence-corrected chi connectivity index (χ2v) is 11.3. The third-order valence-corrected chi connectivity index (χ3v) is 8.40. The maximum absolute atomic E-state index is 13.4. The zero-order valence-corrected chi connectivity index (χ0v) is 22.7. The Balaban J connectivity index is 1.88. The summed E-state index contributed by atoms with van der Waals surface area (Å²) < 4.78 is 27.5. The molecule has 0 saturated carbocycles. The third-order valence-electron chi connectivity index (χ3n) is 5.89. The van der Waals surface area contributed by atoms with Crippen LogP contribution in [0.25, 0.3) is 10.8 Å². The molecule has 0 aliphatic carbocycles. The van der Waals surface area contributed by atoms with Gasteiger partial charge in [-0.1, -0.05) is 66.5 Å². The Morgan fingerprint density at radius 1 is 0.972 bits per heavy atom. The van der Waals surface area contributed by atoms with Crippen molar-refractivity contribution in [1.29, 1.82) is 0 Å². The van der Waals surface area contributed by atoms with E-state index in [-0.39, 0.29) is 17.3 Å². The number of carbonyl (C=O) groups is 2. The number of nitrogens with one attached hydrogen (secondary N) is 1. The summed E-state index contributed by atoms with van der Waals surface area (Å²) in [5.41, 5.74) is 0.476. The van der Waals surface area contributed by atoms with E-state index in [0.717, 1.165) is 21.5 Å². The molecule has 0 saturated heterocycles. The SMILES string of the molecule is CCCNC(=O)[C@H](C)N(Cc1c(Cl)cccc1Cl)C(=O)CN(C)S(=O)(=O)c1ccc2ccccc2c1. The molecule has 192 valence electrons. The van der Waals surface area contributed by atoms with Gasteiger partial charge in [-0.3, -0.25) is 9.59 Å². The van der Waals surface area contributed by atoms with Gasteiger partial charge in [0.25, 0.3) is 0 Å². The van der Waals surface area contributed by atoms with Crippen LogP contribution < -0.4 is 5.32 Å². The molecule has 0 aromatic heterocycles. The highest BCUT2D eigenvalue weighted by atomic mass is 35.5. The van der Waals surface area contributed by atoms with Gasteiger partial charge in [0.05, 0.1) is 11.4 Å². The Morgan fingerprint density at radius 2 is 1.61 bits per heavy atom. The van der Waals surface area contributed by atoms with Crippen LogP contribution in [-0.2, 0) is 26.2 Å². The van der Waals surface area contributed by atoms with Gasteiger partial charge in [-0.15, -0.1) is 0 Å². The first-order valence-corrected chi connectivity index (χ1v) is 13.7. The van der Waals surface area contributed by atoms with E-state index in [1.165, 1.54) is 18.0 Å². The summed E-state index contributed by atoms with van der Waals surface area (Å²) in [7, 11) is -2.64. The molecule has 0 fully saturated rings. The molecule has 0 unspecified atom stereocenters. The number of carbonyl (C=O) groups excluding carboxylic acids is 2. The molecule has 0 aliphatic heterocycles. The van der Waals surface area contributed by atoms with Crippen LogP contribution in [0, 0.1) is 0 Å². The summed E-state index contributed by atoms with van der Waals surface area (Å²) in [4.78, 5) is 27.5. The fourth-order valence-corrected chi connectivity index (χ4v) is 5.38. The topological polar surface area (TPSA) is 86.8 Å². The van der Waals surface area contributed by atoms with Crippen LogP contribution in [0.15, 0.2) is 65.6 Å². The number of fused-ring (bicyclic) bond motifs is 1. The lowest BCUT2D eigenvalue weighted by atomic mass is 10.1. The molecule has 0 spiro atoms. The number of nitrogens with zero attached hydrogens (tertiary/aromatic N) is 2. The first-order chi connectivity index (χ1) is 17.1. The summed E-state index contributed by atoms with van der Waals surface area (Å²) in [6, 6.07) is 16.3. The molecule has 3 rings (SSSR count). The maximum Gasteiger partial charge on any atom is 0.243 e. The van der Waals surface area contributed by atoms with E-state index in [2.05, 4.69) is 5.32 Å². The van der Waals surface area contributed by atoms with Gasteiger partial charge in [-0.25, -0.2) is 8.42 Å². The maximum atomic E-state index is 13.4. The van der Waals surface area contributed by atoms with Gasteiger partial charge in [0.15, 0.2) is 0 Å². The highest BCUT2D eigenvalue weighted by Crippen LogP contribution is 2.27. The van der Waals surface area contributed by atoms with Crippen molar-refractivity contribution in [3.05, 3.63) is 76.3 Å². The highest BCUT2D eigenvalue weighted by Gasteiger charge is 2.31. The van der Waals surface area contributed by atoms with Gasteiger partial charge in [0.2, 0.25) is 21.8 Å². The van der Waals surface area contributed by atoms with E-state index in [1.54, 1.807) is 37.3 Å². The molecule has 0 radical (unpaired) electrons. The van der Waals surface area contributed by atoms with Gasteiger partial charge in [-0.05, 0) is 48.4 Å². The fourth-order valence-electron chi connectivity index (χ4n) is 3.71. The van der Waals surface area contributed by atoms with Gasteiger partial charge in [-0.2, -0.15) is 4.31 Å². The van der Waals surface area contributed by atoms with E-state index in [0.29, 0.717) is 22.2 Å². The molecule has 3 aromatic carbocycles. The molecule has 3 aromatic rings. The Kier molecular flexibility index (Phi) is 9.35. The molecule has 10 heteroatoms. The van der Waals surface area contributed by atoms with Crippen molar-refractivity contribution in [3.63, 3.8) is 0 Å². The second-order valence-electron chi connectivity index (χ2n) is 8.46. The van der Waals surface area contributed by atoms with Crippen molar-refractivity contribution in [3.8, 4) is 0 Å². The molecular weight excluding hydrogens is 521 g/mol. The molecule has 2 amide bonds. The van der Waals surface area contributed by atoms with Gasteiger partial charge < -0.3 is 10.2 Å². The number of hydrogen-bond donors (Lipinski definition) is 1. The zero-order chi connectivity index (χ0) is 26.5. The summed E-state index contributed by atoms with van der Waals surface area (Å²) >= 11 is 12.6. The van der Waals surface area contributed by atoms with E-state index < -0.39 is 28.5 Å². The second kappa shape index (κ2) is 12.1. The van der Waals surface area contributed by atoms with Crippen molar-refractivity contribution in [2.45, 2.75) is 37.8 Å². The predicted molar refractivity (Wildman–Crippen MR) is 144 cm³/mol. The molecule has 0 aliphatic rings. The normalized spacial score (nSPS) is 12.5. The Hall–Kier alpha value is -2.65. The van der Waals surface area contributed by atoms with Gasteiger partial charge in [0.1, 0.15) is 6.04 Å². The highest BCUT2D eigenvalue weighted by molar-refractivity contribution is 7.89. The number of hydrogen-bond acceptors (Lipinski definition) is 4. The Morgan fingerprint density at radius 3 is 2.25 bits per heavy atom. The third kappa shape index (κ3) is 6.37. The van der Waals surface area contributed by atoms with Crippen LogP contribution in [-0.4, -0.2) is 55.6 Å². The van der Waals surface area contributed by atoms with Crippen LogP contribution >= 0.6 is 23.2 Å². The lowest BCUT2D eigenvalue weighted by Gasteiger charge is -2.30. The molecule has 0 heterocycles. The standard InChI is InChI=1S/C26H29Cl2N3O4S/c1-4-14-29-26(33)18(2)31(16-22-23(27)10-7-11-24(22)28)25(32)17-30(3)36(34,35)21-13-12-19-8-5-6-9-20(19)15-21/h5-13,15,18H,4,14,16-17H2,1-3H3,(H,29,33)/t18-/m0/s1. The largest absolute Gasteiger partial charge is 0.354 e. The molecule has 0 bridgehead atoms. The minimum atomic E-state index is -3.98. The number of amides is 2. The van der Waals surface area contributed by atoms with Crippen molar-refractivity contribution in [2.24, 2.45) is 0 Å². The number of rotatable bonds is 10. The molecular formula is C26H29Cl2N3O4S. The van der Waals surface area contributed by atoms with Gasteiger partial charge >= 0.3 is 0 Å². The number of halogens is 2. The van der Waals surface area contributed by atoms with Crippen molar-refractivity contribution in [2.75, 3.05) is 20.1 Å². The molecule has 36 heavy (non-hydrogen) atoms. The summed E-state index contributed by atoms with van der Waals surface area (Å²) in [5.74, 6) is -0.912. The zero-order valence-electron chi connectivity index (χ0n) is 20.4. The smallest absolute Gasteiger partial charge is 0.243 e. The Labute approximate surface area is 222 Å². The van der Waals surface area contributed by atoms with Crippen molar-refractivity contribution >= 4 is 55.8 Å². The Bertz CT molecular complexity index is 1340. The van der Waals surface area contributed by atoms with Gasteiger partial charge in [0, 0.05) is 35.7 Å². The van der Waals surface area contributed by atoms with E-state index in [9.17, 15) is 18.0 Å². The van der Waals surface area contributed by atoms with Crippen molar-refractivity contribution < 1.29 is 18.0 Å². The summed E-state index contributed by atoms with van der Waals surface area (Å²) in [6.45, 7) is 3.44. The summed E-state index contributed by atoms with van der Waals surface area (Å²) in [5, 5.41) is 5.15. The minimum absolute atomic E-state index is 0.0537. The summed E-state index contributed by atoms with van der Waals surface area (Å²) in [6.07, 6.45) is 0.732. The average Bonchev–Trinajstić information content (AvgIpc) is 2.86. The minimum Gasteiger partial charge on any atom is -0.354 e. The fraction of sp³-hybridized carbons (Fsp3) is 0.308. The van der Waals surface area contributed by atoms with E-state index in [4.69, 9.17) is 23.2 Å². The monoisotopic (exact) mass is 549 g/mol. The number of likely N-dealkylation sites (N-methyl/N-ethyl adjacent to an activating group) is 1. The number of sulfonamides is 1. The van der Waals surface area contributed by atoms with E-state index >= 15 is 0 Å². The predicted octanol–water partition coefficient (Wildman–Crippen LogP) is 4.71. The lowest BCUT2D eigenvalue weighted by molar-refractivity contribution is -0.140. The van der Waals surface area contributed by atoms with Crippen molar-refractivity contribution in [1.82, 2.24) is 14.5 Å². The quantitative estimate of drug-likeness (QED) is 0.396.